The Balaban J connectivity index is 1.95. The number of halogens is 3. The molecule has 1 aliphatic heterocycles. The van der Waals surface area contributed by atoms with Crippen LogP contribution in [0.5, 0.6) is 5.75 Å². The largest absolute Gasteiger partial charge is 0.497 e. The van der Waals surface area contributed by atoms with Gasteiger partial charge in [-0.25, -0.2) is 0 Å². The maximum absolute atomic E-state index is 12.9. The summed E-state index contributed by atoms with van der Waals surface area (Å²) >= 11 is 0. The highest BCUT2D eigenvalue weighted by molar-refractivity contribution is 6.05. The fraction of sp³-hybridized carbons (Fsp3) is 0.235. The maximum atomic E-state index is 12.9. The quantitative estimate of drug-likeness (QED) is 0.876. The number of rotatable bonds is 3. The number of ether oxygens (including phenoxy) is 1. The highest BCUT2D eigenvalue weighted by atomic mass is 19.4. The van der Waals surface area contributed by atoms with Crippen LogP contribution in [-0.2, 0) is 11.0 Å². The lowest BCUT2D eigenvalue weighted by molar-refractivity contribution is -0.137. The van der Waals surface area contributed by atoms with E-state index in [1.54, 1.807) is 24.3 Å². The molecule has 1 saturated heterocycles. The number of benzene rings is 2. The van der Waals surface area contributed by atoms with Gasteiger partial charge >= 0.3 is 6.18 Å². The molecule has 2 N–H and O–H groups in total. The first-order valence-electron chi connectivity index (χ1n) is 7.23. The van der Waals surface area contributed by atoms with E-state index in [0.717, 1.165) is 17.7 Å². The van der Waals surface area contributed by atoms with Crippen LogP contribution in [0.2, 0.25) is 0 Å². The standard InChI is InChI=1S/C17H15F3N2O2/c1-24-13-7-5-10(6-8-13)15-14(21)16(23)22(15)12-4-2-3-11(9-12)17(18,19)20/h2-9,14-15H,21H2,1H3/t14-,15-/m0/s1. The summed E-state index contributed by atoms with van der Waals surface area (Å²) in [6.45, 7) is 0. The molecule has 2 atom stereocenters. The molecule has 0 bridgehead atoms. The lowest BCUT2D eigenvalue weighted by Crippen LogP contribution is -2.63. The number of hydrogen-bond donors (Lipinski definition) is 1. The molecule has 0 unspecified atom stereocenters. The minimum absolute atomic E-state index is 0.178. The lowest BCUT2D eigenvalue weighted by atomic mass is 9.88. The first-order valence-corrected chi connectivity index (χ1v) is 7.23. The van der Waals surface area contributed by atoms with Crippen molar-refractivity contribution in [2.75, 3.05) is 12.0 Å². The zero-order valence-corrected chi connectivity index (χ0v) is 12.7. The van der Waals surface area contributed by atoms with Crippen LogP contribution in [0.4, 0.5) is 18.9 Å². The molecule has 2 aromatic carbocycles. The van der Waals surface area contributed by atoms with Crippen molar-refractivity contribution in [3.8, 4) is 5.75 Å². The van der Waals surface area contributed by atoms with Gasteiger partial charge in [-0.15, -0.1) is 0 Å². The van der Waals surface area contributed by atoms with Gasteiger partial charge in [0.25, 0.3) is 0 Å². The van der Waals surface area contributed by atoms with Crippen LogP contribution < -0.4 is 15.4 Å². The van der Waals surface area contributed by atoms with Gasteiger partial charge in [0.05, 0.1) is 18.7 Å². The molecule has 0 aliphatic carbocycles. The number of nitrogens with two attached hydrogens (primary N) is 1. The molecular weight excluding hydrogens is 321 g/mol. The van der Waals surface area contributed by atoms with Crippen LogP contribution in [0.25, 0.3) is 0 Å². The van der Waals surface area contributed by atoms with Gasteiger partial charge in [0.1, 0.15) is 11.8 Å². The number of carbonyl (C=O) groups is 1. The smallest absolute Gasteiger partial charge is 0.416 e. The fourth-order valence-corrected chi connectivity index (χ4v) is 2.79. The Bertz CT molecular complexity index is 759. The molecule has 1 aliphatic rings. The summed E-state index contributed by atoms with van der Waals surface area (Å²) in [6, 6.07) is 10.3. The third-order valence-electron chi connectivity index (χ3n) is 4.05. The Morgan fingerprint density at radius 2 is 1.79 bits per heavy atom. The first kappa shape index (κ1) is 16.3. The molecule has 2 aromatic rings. The van der Waals surface area contributed by atoms with Crippen LogP contribution in [0, 0.1) is 0 Å². The maximum Gasteiger partial charge on any atom is 0.416 e. The lowest BCUT2D eigenvalue weighted by Gasteiger charge is -2.45. The fourth-order valence-electron chi connectivity index (χ4n) is 2.79. The minimum atomic E-state index is -4.47. The summed E-state index contributed by atoms with van der Waals surface area (Å²) in [5, 5.41) is 0. The van der Waals surface area contributed by atoms with Crippen LogP contribution in [0.15, 0.2) is 48.5 Å². The highest BCUT2D eigenvalue weighted by Crippen LogP contribution is 2.40. The Kier molecular flexibility index (Phi) is 3.96. The van der Waals surface area contributed by atoms with Gasteiger partial charge in [-0.1, -0.05) is 18.2 Å². The van der Waals surface area contributed by atoms with Gasteiger partial charge in [0.2, 0.25) is 5.91 Å². The monoisotopic (exact) mass is 336 g/mol. The third kappa shape index (κ3) is 2.71. The molecule has 0 radical (unpaired) electrons. The molecule has 1 heterocycles. The van der Waals surface area contributed by atoms with Crippen LogP contribution >= 0.6 is 0 Å². The van der Waals surface area contributed by atoms with Crippen LogP contribution in [0.1, 0.15) is 17.2 Å². The zero-order chi connectivity index (χ0) is 17.5. The van der Waals surface area contributed by atoms with E-state index in [1.165, 1.54) is 24.1 Å². The molecular formula is C17H15F3N2O2. The number of nitrogens with zero attached hydrogens (tertiary/aromatic N) is 1. The molecule has 126 valence electrons. The molecule has 1 amide bonds. The molecule has 1 fully saturated rings. The van der Waals surface area contributed by atoms with Crippen LogP contribution in [-0.4, -0.2) is 19.1 Å². The Hall–Kier alpha value is -2.54. The topological polar surface area (TPSA) is 55.6 Å². The second-order valence-corrected chi connectivity index (χ2v) is 5.50. The molecule has 0 saturated carbocycles. The number of amides is 1. The average molecular weight is 336 g/mol. The summed E-state index contributed by atoms with van der Waals surface area (Å²) in [5.41, 5.74) is 5.99. The van der Waals surface area contributed by atoms with Crippen LogP contribution in [0.3, 0.4) is 0 Å². The number of anilines is 1. The summed E-state index contributed by atoms with van der Waals surface area (Å²) in [6.07, 6.45) is -4.47. The van der Waals surface area contributed by atoms with Gasteiger partial charge in [-0.2, -0.15) is 13.2 Å². The van der Waals surface area contributed by atoms with Crippen molar-refractivity contribution in [3.05, 3.63) is 59.7 Å². The van der Waals surface area contributed by atoms with E-state index in [9.17, 15) is 18.0 Å². The van der Waals surface area contributed by atoms with Crippen molar-refractivity contribution >= 4 is 11.6 Å². The predicted octanol–water partition coefficient (Wildman–Crippen LogP) is 3.13. The van der Waals surface area contributed by atoms with Gasteiger partial charge < -0.3 is 15.4 Å². The van der Waals surface area contributed by atoms with Crippen molar-refractivity contribution in [1.29, 1.82) is 0 Å². The van der Waals surface area contributed by atoms with E-state index in [1.807, 2.05) is 0 Å². The third-order valence-corrected chi connectivity index (χ3v) is 4.05. The predicted molar refractivity (Wildman–Crippen MR) is 82.6 cm³/mol. The number of methoxy groups -OCH3 is 1. The van der Waals surface area contributed by atoms with E-state index in [0.29, 0.717) is 5.75 Å². The van der Waals surface area contributed by atoms with E-state index in [4.69, 9.17) is 10.5 Å². The summed E-state index contributed by atoms with van der Waals surface area (Å²) in [4.78, 5) is 13.4. The average Bonchev–Trinajstić information content (AvgIpc) is 2.58. The van der Waals surface area contributed by atoms with Gasteiger partial charge in [0.15, 0.2) is 0 Å². The van der Waals surface area contributed by atoms with Crippen molar-refractivity contribution in [2.24, 2.45) is 5.73 Å². The SMILES string of the molecule is COc1ccc([C@H]2[C@H](N)C(=O)N2c2cccc(C(F)(F)F)c2)cc1. The number of hydrogen-bond acceptors (Lipinski definition) is 3. The number of β-lactam (4-membered cyclic amide) rings is 1. The molecule has 4 nitrogen and oxygen atoms in total. The molecule has 0 aromatic heterocycles. The Labute approximate surface area is 136 Å². The van der Waals surface area contributed by atoms with Gasteiger partial charge in [-0.3, -0.25) is 4.79 Å². The van der Waals surface area contributed by atoms with E-state index in [-0.39, 0.29) is 5.69 Å². The number of carbonyl (C=O) groups excluding carboxylic acids is 1. The Morgan fingerprint density at radius 3 is 2.38 bits per heavy atom. The van der Waals surface area contributed by atoms with E-state index >= 15 is 0 Å². The van der Waals surface area contributed by atoms with Crippen molar-refractivity contribution < 1.29 is 22.7 Å². The van der Waals surface area contributed by atoms with Gasteiger partial charge in [-0.05, 0) is 35.9 Å². The van der Waals surface area contributed by atoms with E-state index in [2.05, 4.69) is 0 Å². The summed E-state index contributed by atoms with van der Waals surface area (Å²) < 4.78 is 43.7. The number of alkyl halides is 3. The normalized spacial score (nSPS) is 20.7. The second-order valence-electron chi connectivity index (χ2n) is 5.50. The van der Waals surface area contributed by atoms with Crippen molar-refractivity contribution in [2.45, 2.75) is 18.3 Å². The first-order chi connectivity index (χ1) is 11.3. The summed E-state index contributed by atoms with van der Waals surface area (Å²) in [5.74, 6) is 0.235. The van der Waals surface area contributed by atoms with Crippen molar-refractivity contribution in [1.82, 2.24) is 0 Å². The van der Waals surface area contributed by atoms with Gasteiger partial charge in [0, 0.05) is 5.69 Å². The minimum Gasteiger partial charge on any atom is -0.497 e. The highest BCUT2D eigenvalue weighted by Gasteiger charge is 2.47. The molecule has 7 heteroatoms. The molecule has 3 rings (SSSR count). The Morgan fingerprint density at radius 1 is 1.12 bits per heavy atom. The molecule has 24 heavy (non-hydrogen) atoms. The zero-order valence-electron chi connectivity index (χ0n) is 12.7. The summed E-state index contributed by atoms with van der Waals surface area (Å²) in [7, 11) is 1.53. The molecule has 0 spiro atoms. The van der Waals surface area contributed by atoms with E-state index < -0.39 is 29.7 Å². The van der Waals surface area contributed by atoms with Crippen molar-refractivity contribution in [3.63, 3.8) is 0 Å². The second kappa shape index (κ2) is 5.83.